The SMILES string of the molecule is O=C(CSc1nc(-c2ccc(Cl)cc2)cs1)NC1CCCCC1. The molecule has 0 unspecified atom stereocenters. The molecule has 2 aromatic rings. The lowest BCUT2D eigenvalue weighted by Gasteiger charge is -2.22. The molecule has 6 heteroatoms. The van der Waals surface area contributed by atoms with Crippen LogP contribution in [0.5, 0.6) is 0 Å². The highest BCUT2D eigenvalue weighted by Gasteiger charge is 2.16. The maximum absolute atomic E-state index is 12.0. The summed E-state index contributed by atoms with van der Waals surface area (Å²) in [5.74, 6) is 0.550. The first-order valence-corrected chi connectivity index (χ1v) is 10.1. The number of aromatic nitrogens is 1. The molecule has 0 spiro atoms. The molecule has 1 aromatic carbocycles. The van der Waals surface area contributed by atoms with Gasteiger partial charge in [-0.25, -0.2) is 4.98 Å². The molecule has 1 saturated carbocycles. The third kappa shape index (κ3) is 4.96. The molecule has 23 heavy (non-hydrogen) atoms. The van der Waals surface area contributed by atoms with Gasteiger partial charge in [-0.2, -0.15) is 0 Å². The lowest BCUT2D eigenvalue weighted by molar-refractivity contribution is -0.119. The molecule has 0 saturated heterocycles. The van der Waals surface area contributed by atoms with Crippen molar-refractivity contribution in [1.29, 1.82) is 0 Å². The predicted molar refractivity (Wildman–Crippen MR) is 98.3 cm³/mol. The average molecular weight is 367 g/mol. The number of thioether (sulfide) groups is 1. The van der Waals surface area contributed by atoms with E-state index in [2.05, 4.69) is 10.3 Å². The lowest BCUT2D eigenvalue weighted by atomic mass is 9.95. The van der Waals surface area contributed by atoms with Gasteiger partial charge in [-0.05, 0) is 25.0 Å². The number of hydrogen-bond donors (Lipinski definition) is 1. The predicted octanol–water partition coefficient (Wildman–Crippen LogP) is 5.00. The number of rotatable bonds is 5. The molecule has 0 radical (unpaired) electrons. The lowest BCUT2D eigenvalue weighted by Crippen LogP contribution is -2.37. The van der Waals surface area contributed by atoms with Crippen molar-refractivity contribution in [2.24, 2.45) is 0 Å². The van der Waals surface area contributed by atoms with Crippen molar-refractivity contribution >= 4 is 40.6 Å². The zero-order valence-electron chi connectivity index (χ0n) is 12.8. The quantitative estimate of drug-likeness (QED) is 0.756. The number of nitrogens with zero attached hydrogens (tertiary/aromatic N) is 1. The van der Waals surface area contributed by atoms with Gasteiger partial charge in [-0.1, -0.05) is 54.8 Å². The van der Waals surface area contributed by atoms with E-state index in [1.165, 1.54) is 31.0 Å². The first kappa shape index (κ1) is 16.8. The molecule has 1 aliphatic carbocycles. The first-order chi connectivity index (χ1) is 11.2. The molecule has 3 nitrogen and oxygen atoms in total. The summed E-state index contributed by atoms with van der Waals surface area (Å²) in [5, 5.41) is 5.88. The molecule has 0 bridgehead atoms. The van der Waals surface area contributed by atoms with Crippen molar-refractivity contribution < 1.29 is 4.79 Å². The minimum atomic E-state index is 0.116. The van der Waals surface area contributed by atoms with Crippen molar-refractivity contribution in [3.8, 4) is 11.3 Å². The van der Waals surface area contributed by atoms with E-state index in [0.29, 0.717) is 11.8 Å². The maximum atomic E-state index is 12.0. The van der Waals surface area contributed by atoms with E-state index < -0.39 is 0 Å². The van der Waals surface area contributed by atoms with Crippen LogP contribution < -0.4 is 5.32 Å². The molecule has 3 rings (SSSR count). The second-order valence-corrected chi connectivity index (χ2v) is 8.21. The van der Waals surface area contributed by atoms with Gasteiger partial charge in [-0.3, -0.25) is 4.79 Å². The van der Waals surface area contributed by atoms with Crippen molar-refractivity contribution in [2.45, 2.75) is 42.5 Å². The summed E-state index contributed by atoms with van der Waals surface area (Å²) >= 11 is 8.98. The van der Waals surface area contributed by atoms with E-state index in [1.807, 2.05) is 29.6 Å². The molecule has 1 aliphatic rings. The Hall–Kier alpha value is -1.04. The molecular weight excluding hydrogens is 348 g/mol. The number of thiazole rings is 1. The number of nitrogens with one attached hydrogen (secondary N) is 1. The van der Waals surface area contributed by atoms with E-state index in [4.69, 9.17) is 11.6 Å². The average Bonchev–Trinajstić information content (AvgIpc) is 3.04. The standard InChI is InChI=1S/C17H19ClN2OS2/c18-13-8-6-12(7-9-13)15-10-22-17(20-15)23-11-16(21)19-14-4-2-1-3-5-14/h6-10,14H,1-5,11H2,(H,19,21). The second kappa shape index (κ2) is 8.18. The number of halogens is 1. The summed E-state index contributed by atoms with van der Waals surface area (Å²) < 4.78 is 0.925. The van der Waals surface area contributed by atoms with Crippen LogP contribution >= 0.6 is 34.7 Å². The molecular formula is C17H19ClN2OS2. The molecule has 0 atom stereocenters. The van der Waals surface area contributed by atoms with E-state index >= 15 is 0 Å². The summed E-state index contributed by atoms with van der Waals surface area (Å²) in [5.41, 5.74) is 1.98. The number of hydrogen-bond acceptors (Lipinski definition) is 4. The monoisotopic (exact) mass is 366 g/mol. The fourth-order valence-corrected chi connectivity index (χ4v) is 4.49. The first-order valence-electron chi connectivity index (χ1n) is 7.84. The van der Waals surface area contributed by atoms with E-state index in [1.54, 1.807) is 11.3 Å². The Morgan fingerprint density at radius 3 is 2.74 bits per heavy atom. The van der Waals surface area contributed by atoms with Gasteiger partial charge >= 0.3 is 0 Å². The number of benzene rings is 1. The largest absolute Gasteiger partial charge is 0.353 e. The van der Waals surface area contributed by atoms with Gasteiger partial charge in [0, 0.05) is 22.0 Å². The van der Waals surface area contributed by atoms with Crippen molar-refractivity contribution in [2.75, 3.05) is 5.75 Å². The van der Waals surface area contributed by atoms with Crippen LogP contribution in [-0.2, 0) is 4.79 Å². The Bertz CT molecular complexity index is 651. The van der Waals surface area contributed by atoms with Crippen molar-refractivity contribution in [3.05, 3.63) is 34.7 Å². The van der Waals surface area contributed by atoms with E-state index in [9.17, 15) is 4.79 Å². The van der Waals surface area contributed by atoms with E-state index in [-0.39, 0.29) is 5.91 Å². The topological polar surface area (TPSA) is 42.0 Å². The maximum Gasteiger partial charge on any atom is 0.230 e. The van der Waals surface area contributed by atoms with Gasteiger partial charge < -0.3 is 5.32 Å². The molecule has 1 fully saturated rings. The van der Waals surface area contributed by atoms with Crippen LogP contribution in [0.2, 0.25) is 5.02 Å². The molecule has 1 N–H and O–H groups in total. The summed E-state index contributed by atoms with van der Waals surface area (Å²) in [6.07, 6.45) is 6.00. The molecule has 1 aromatic heterocycles. The van der Waals surface area contributed by atoms with Crippen molar-refractivity contribution in [3.63, 3.8) is 0 Å². The van der Waals surface area contributed by atoms with Gasteiger partial charge in [0.1, 0.15) is 0 Å². The minimum absolute atomic E-state index is 0.116. The third-order valence-electron chi connectivity index (χ3n) is 3.92. The Kier molecular flexibility index (Phi) is 5.97. The van der Waals surface area contributed by atoms with Crippen LogP contribution in [0.1, 0.15) is 32.1 Å². The zero-order valence-corrected chi connectivity index (χ0v) is 15.1. The molecule has 1 amide bonds. The highest BCUT2D eigenvalue weighted by molar-refractivity contribution is 8.01. The van der Waals surface area contributed by atoms with Crippen LogP contribution in [0.3, 0.4) is 0 Å². The fourth-order valence-electron chi connectivity index (χ4n) is 2.72. The highest BCUT2D eigenvalue weighted by Crippen LogP contribution is 2.29. The zero-order chi connectivity index (χ0) is 16.1. The molecule has 1 heterocycles. The van der Waals surface area contributed by atoms with E-state index in [0.717, 1.165) is 33.5 Å². The summed E-state index contributed by atoms with van der Waals surface area (Å²) in [6.45, 7) is 0. The summed E-state index contributed by atoms with van der Waals surface area (Å²) in [7, 11) is 0. The Labute approximate surface area is 149 Å². The summed E-state index contributed by atoms with van der Waals surface area (Å²) in [4.78, 5) is 16.6. The minimum Gasteiger partial charge on any atom is -0.353 e. The van der Waals surface area contributed by atoms with Crippen LogP contribution in [0.25, 0.3) is 11.3 Å². The summed E-state index contributed by atoms with van der Waals surface area (Å²) in [6, 6.07) is 8.02. The highest BCUT2D eigenvalue weighted by atomic mass is 35.5. The smallest absolute Gasteiger partial charge is 0.230 e. The second-order valence-electron chi connectivity index (χ2n) is 5.70. The van der Waals surface area contributed by atoms with Crippen molar-refractivity contribution in [1.82, 2.24) is 10.3 Å². The number of carbonyl (C=O) groups excluding carboxylic acids is 1. The molecule has 0 aliphatic heterocycles. The van der Waals surface area contributed by atoms with Gasteiger partial charge in [0.15, 0.2) is 4.34 Å². The Balaban J connectivity index is 1.50. The number of carbonyl (C=O) groups is 1. The normalized spacial score (nSPS) is 15.5. The van der Waals surface area contributed by atoms with Crippen LogP contribution in [-0.4, -0.2) is 22.7 Å². The molecule has 122 valence electrons. The Morgan fingerprint density at radius 2 is 2.00 bits per heavy atom. The Morgan fingerprint density at radius 1 is 1.26 bits per heavy atom. The van der Waals surface area contributed by atoms with Gasteiger partial charge in [0.2, 0.25) is 5.91 Å². The van der Waals surface area contributed by atoms with Gasteiger partial charge in [-0.15, -0.1) is 11.3 Å². The van der Waals surface area contributed by atoms with Crippen LogP contribution in [0.4, 0.5) is 0 Å². The third-order valence-corrected chi connectivity index (χ3v) is 6.19. The van der Waals surface area contributed by atoms with Gasteiger partial charge in [0.25, 0.3) is 0 Å². The van der Waals surface area contributed by atoms with Crippen LogP contribution in [0, 0.1) is 0 Å². The number of amides is 1. The van der Waals surface area contributed by atoms with Gasteiger partial charge in [0.05, 0.1) is 11.4 Å². The fraction of sp³-hybridized carbons (Fsp3) is 0.412. The van der Waals surface area contributed by atoms with Crippen LogP contribution in [0.15, 0.2) is 34.0 Å².